The number of furan rings is 1. The fourth-order valence-electron chi connectivity index (χ4n) is 2.16. The first-order valence-corrected chi connectivity index (χ1v) is 7.79. The van der Waals surface area contributed by atoms with E-state index in [0.717, 1.165) is 12.0 Å². The molecule has 0 spiro atoms. The lowest BCUT2D eigenvalue weighted by molar-refractivity contribution is 0.0739. The molecule has 0 atom stereocenters. The van der Waals surface area contributed by atoms with Gasteiger partial charge in [0, 0.05) is 30.6 Å². The third-order valence-electron chi connectivity index (χ3n) is 3.27. The monoisotopic (exact) mass is 316 g/mol. The van der Waals surface area contributed by atoms with Gasteiger partial charge < -0.3 is 9.32 Å². The molecule has 3 rings (SSSR count). The smallest absolute Gasteiger partial charge is 0.276 e. The molecule has 22 heavy (non-hydrogen) atoms. The molecule has 0 fully saturated rings. The van der Waals surface area contributed by atoms with E-state index in [1.807, 2.05) is 17.5 Å². The predicted molar refractivity (Wildman–Crippen MR) is 82.5 cm³/mol. The van der Waals surface area contributed by atoms with E-state index in [1.165, 1.54) is 9.56 Å². The normalized spacial score (nSPS) is 10.8. The number of aromatic nitrogens is 3. The van der Waals surface area contributed by atoms with Crippen LogP contribution in [0.4, 0.5) is 0 Å². The minimum Gasteiger partial charge on any atom is -0.472 e. The van der Waals surface area contributed by atoms with Gasteiger partial charge in [-0.05, 0) is 23.9 Å². The highest BCUT2D eigenvalue weighted by molar-refractivity contribution is 7.09. The van der Waals surface area contributed by atoms with Crippen molar-refractivity contribution < 1.29 is 9.21 Å². The molecule has 0 aliphatic rings. The Kier molecular flexibility index (Phi) is 4.34. The molecular formula is C15H16N4O2S. The lowest BCUT2D eigenvalue weighted by Crippen LogP contribution is -2.32. The third kappa shape index (κ3) is 3.43. The molecule has 0 aromatic carbocycles. The standard InChI is InChI=1S/C15H16N4O2S/c1-18-10-14(16-17-18)15(20)19(9-12-5-7-21-11-12)6-4-13-3-2-8-22-13/h2-3,5,7-8,10-11H,4,6,9H2,1H3. The molecule has 0 unspecified atom stereocenters. The van der Waals surface area contributed by atoms with Crippen LogP contribution in [0.25, 0.3) is 0 Å². The van der Waals surface area contributed by atoms with Crippen molar-refractivity contribution in [2.24, 2.45) is 7.05 Å². The Morgan fingerprint density at radius 1 is 1.45 bits per heavy atom. The Bertz CT molecular complexity index is 719. The number of thiophene rings is 1. The van der Waals surface area contributed by atoms with Crippen LogP contribution in [0, 0.1) is 0 Å². The summed E-state index contributed by atoms with van der Waals surface area (Å²) in [5.74, 6) is -0.120. The summed E-state index contributed by atoms with van der Waals surface area (Å²) in [5.41, 5.74) is 1.32. The number of amides is 1. The van der Waals surface area contributed by atoms with E-state index in [1.54, 1.807) is 42.0 Å². The van der Waals surface area contributed by atoms with E-state index in [0.29, 0.717) is 18.8 Å². The van der Waals surface area contributed by atoms with Crippen molar-refractivity contribution in [1.82, 2.24) is 19.9 Å². The van der Waals surface area contributed by atoms with Gasteiger partial charge in [-0.15, -0.1) is 16.4 Å². The van der Waals surface area contributed by atoms with Crippen molar-refractivity contribution in [1.29, 1.82) is 0 Å². The van der Waals surface area contributed by atoms with Gasteiger partial charge >= 0.3 is 0 Å². The van der Waals surface area contributed by atoms with E-state index >= 15 is 0 Å². The highest BCUT2D eigenvalue weighted by Gasteiger charge is 2.19. The molecule has 3 aromatic heterocycles. The van der Waals surface area contributed by atoms with Gasteiger partial charge in [0.05, 0.1) is 18.7 Å². The van der Waals surface area contributed by atoms with Crippen LogP contribution >= 0.6 is 11.3 Å². The van der Waals surface area contributed by atoms with E-state index in [9.17, 15) is 4.79 Å². The topological polar surface area (TPSA) is 64.2 Å². The average Bonchev–Trinajstić information content (AvgIpc) is 3.25. The maximum Gasteiger partial charge on any atom is 0.276 e. The third-order valence-corrected chi connectivity index (χ3v) is 4.21. The molecule has 114 valence electrons. The molecule has 1 amide bonds. The Labute approximate surface area is 132 Å². The van der Waals surface area contributed by atoms with Gasteiger partial charge in [-0.3, -0.25) is 9.48 Å². The molecule has 0 saturated heterocycles. The van der Waals surface area contributed by atoms with Crippen LogP contribution in [0.1, 0.15) is 20.9 Å². The summed E-state index contributed by atoms with van der Waals surface area (Å²) in [7, 11) is 1.75. The molecule has 3 aromatic rings. The molecule has 6 nitrogen and oxygen atoms in total. The number of rotatable bonds is 6. The first-order valence-electron chi connectivity index (χ1n) is 6.91. The molecule has 0 aliphatic heterocycles. The molecule has 0 saturated carbocycles. The minimum absolute atomic E-state index is 0.120. The van der Waals surface area contributed by atoms with Crippen LogP contribution in [0.15, 0.2) is 46.7 Å². The Morgan fingerprint density at radius 3 is 3.00 bits per heavy atom. The maximum atomic E-state index is 12.6. The Hall–Kier alpha value is -2.41. The summed E-state index contributed by atoms with van der Waals surface area (Å²) in [6.45, 7) is 1.12. The van der Waals surface area contributed by atoms with Gasteiger partial charge in [-0.1, -0.05) is 11.3 Å². The molecule has 0 N–H and O–H groups in total. The highest BCUT2D eigenvalue weighted by Crippen LogP contribution is 2.13. The average molecular weight is 316 g/mol. The largest absolute Gasteiger partial charge is 0.472 e. The summed E-state index contributed by atoms with van der Waals surface area (Å²) >= 11 is 1.70. The predicted octanol–water partition coefficient (Wildman–Crippen LogP) is 2.35. The van der Waals surface area contributed by atoms with Gasteiger partial charge in [0.2, 0.25) is 0 Å². The van der Waals surface area contributed by atoms with Crippen molar-refractivity contribution in [2.45, 2.75) is 13.0 Å². The second-order valence-electron chi connectivity index (χ2n) is 4.97. The molecule has 0 aliphatic carbocycles. The van der Waals surface area contributed by atoms with Crippen LogP contribution in [-0.4, -0.2) is 32.3 Å². The van der Waals surface area contributed by atoms with Gasteiger partial charge in [0.1, 0.15) is 0 Å². The molecule has 0 radical (unpaired) electrons. The summed E-state index contributed by atoms with van der Waals surface area (Å²) in [5, 5.41) is 9.78. The number of carbonyl (C=O) groups excluding carboxylic acids is 1. The van der Waals surface area contributed by atoms with Gasteiger partial charge in [0.15, 0.2) is 5.69 Å². The number of hydrogen-bond donors (Lipinski definition) is 0. The van der Waals surface area contributed by atoms with E-state index < -0.39 is 0 Å². The van der Waals surface area contributed by atoms with Crippen molar-refractivity contribution in [3.8, 4) is 0 Å². The SMILES string of the molecule is Cn1cc(C(=O)N(CCc2cccs2)Cc2ccoc2)nn1. The van der Waals surface area contributed by atoms with Gasteiger partial charge in [-0.2, -0.15) is 0 Å². The van der Waals surface area contributed by atoms with Crippen molar-refractivity contribution in [3.63, 3.8) is 0 Å². The lowest BCUT2D eigenvalue weighted by Gasteiger charge is -2.20. The van der Waals surface area contributed by atoms with E-state index in [2.05, 4.69) is 16.4 Å². The molecular weight excluding hydrogens is 300 g/mol. The fourth-order valence-corrected chi connectivity index (χ4v) is 2.86. The summed E-state index contributed by atoms with van der Waals surface area (Å²) in [6.07, 6.45) is 5.72. The first kappa shape index (κ1) is 14.5. The molecule has 7 heteroatoms. The van der Waals surface area contributed by atoms with Crippen molar-refractivity contribution in [2.75, 3.05) is 6.54 Å². The number of nitrogens with zero attached hydrogens (tertiary/aromatic N) is 4. The van der Waals surface area contributed by atoms with Crippen LogP contribution in [0.3, 0.4) is 0 Å². The van der Waals surface area contributed by atoms with Crippen LogP contribution < -0.4 is 0 Å². The van der Waals surface area contributed by atoms with Gasteiger partial charge in [-0.25, -0.2) is 0 Å². The minimum atomic E-state index is -0.120. The molecule has 3 heterocycles. The highest BCUT2D eigenvalue weighted by atomic mass is 32.1. The zero-order valence-electron chi connectivity index (χ0n) is 12.2. The van der Waals surface area contributed by atoms with Crippen LogP contribution in [0.2, 0.25) is 0 Å². The van der Waals surface area contributed by atoms with Crippen molar-refractivity contribution >= 4 is 17.2 Å². The second kappa shape index (κ2) is 6.57. The first-order chi connectivity index (χ1) is 10.7. The zero-order chi connectivity index (χ0) is 15.4. The van der Waals surface area contributed by atoms with Crippen molar-refractivity contribution in [3.05, 3.63) is 58.4 Å². The number of aryl methyl sites for hydroxylation is 1. The number of hydrogen-bond acceptors (Lipinski definition) is 5. The quantitative estimate of drug-likeness (QED) is 0.700. The van der Waals surface area contributed by atoms with Gasteiger partial charge in [0.25, 0.3) is 5.91 Å². The Balaban J connectivity index is 1.74. The molecule has 0 bridgehead atoms. The maximum absolute atomic E-state index is 12.6. The van der Waals surface area contributed by atoms with E-state index in [4.69, 9.17) is 4.42 Å². The Morgan fingerprint density at radius 2 is 2.36 bits per heavy atom. The fraction of sp³-hybridized carbons (Fsp3) is 0.267. The van der Waals surface area contributed by atoms with E-state index in [-0.39, 0.29) is 5.91 Å². The summed E-state index contributed by atoms with van der Waals surface area (Å²) in [4.78, 5) is 15.7. The lowest BCUT2D eigenvalue weighted by atomic mass is 10.2. The number of carbonyl (C=O) groups is 1. The van der Waals surface area contributed by atoms with Crippen LogP contribution in [-0.2, 0) is 20.0 Å². The van der Waals surface area contributed by atoms with Crippen LogP contribution in [0.5, 0.6) is 0 Å². The second-order valence-corrected chi connectivity index (χ2v) is 6.00. The summed E-state index contributed by atoms with van der Waals surface area (Å²) < 4.78 is 6.62. The zero-order valence-corrected chi connectivity index (χ0v) is 13.0. The summed E-state index contributed by atoms with van der Waals surface area (Å²) in [6, 6.07) is 5.96.